The van der Waals surface area contributed by atoms with E-state index >= 15 is 0 Å². The van der Waals surface area contributed by atoms with Crippen LogP contribution in [0.25, 0.3) is 0 Å². The van der Waals surface area contributed by atoms with Gasteiger partial charge in [-0.25, -0.2) is 0 Å². The van der Waals surface area contributed by atoms with Gasteiger partial charge >= 0.3 is 0 Å². The smallest absolute Gasteiger partial charge is 0.233 e. The lowest BCUT2D eigenvalue weighted by molar-refractivity contribution is -0.120. The van der Waals surface area contributed by atoms with Gasteiger partial charge in [0, 0.05) is 19.6 Å². The first-order chi connectivity index (χ1) is 11.2. The van der Waals surface area contributed by atoms with Crippen molar-refractivity contribution in [1.82, 2.24) is 10.2 Å². The van der Waals surface area contributed by atoms with Crippen LogP contribution in [0.4, 0.5) is 0 Å². The molecule has 1 amide bonds. The van der Waals surface area contributed by atoms with E-state index in [0.717, 1.165) is 18.7 Å². The van der Waals surface area contributed by atoms with Gasteiger partial charge in [0.2, 0.25) is 5.91 Å². The average molecular weight is 396 g/mol. The number of nitrogens with two attached hydrogens (primary N) is 1. The van der Waals surface area contributed by atoms with Crippen LogP contribution in [0.15, 0.2) is 18.2 Å². The van der Waals surface area contributed by atoms with Crippen LogP contribution in [0.2, 0.25) is 0 Å². The second kappa shape index (κ2) is 12.2. The summed E-state index contributed by atoms with van der Waals surface area (Å²) >= 11 is 0. The molecule has 0 bridgehead atoms. The number of nitrogens with zero attached hydrogens (tertiary/aromatic N) is 1. The van der Waals surface area contributed by atoms with Crippen molar-refractivity contribution in [2.45, 2.75) is 6.04 Å². The van der Waals surface area contributed by atoms with Gasteiger partial charge < -0.3 is 25.3 Å². The van der Waals surface area contributed by atoms with Crippen LogP contribution in [-0.4, -0.2) is 64.4 Å². The number of carbonyl (C=O) groups is 1. The standard InChI is InChI=1S/C16H25N3O4.2ClH/c1-21-14-4-3-12(9-15(14)22-2)13(11-18-16(20)10-17)19-5-7-23-8-6-19;;/h3-4,9,13H,5-8,10-11,17H2,1-2H3,(H,18,20);2*1H. The highest BCUT2D eigenvalue weighted by molar-refractivity contribution is 5.85. The molecule has 0 aliphatic carbocycles. The minimum atomic E-state index is -0.163. The molecule has 1 aromatic carbocycles. The molecular formula is C16H27Cl2N3O4. The molecule has 144 valence electrons. The molecule has 1 aliphatic rings. The third-order valence-corrected chi connectivity index (χ3v) is 3.96. The fourth-order valence-electron chi connectivity index (χ4n) is 2.69. The maximum Gasteiger partial charge on any atom is 0.233 e. The summed E-state index contributed by atoms with van der Waals surface area (Å²) in [6, 6.07) is 5.87. The molecule has 1 unspecified atom stereocenters. The predicted molar refractivity (Wildman–Crippen MR) is 101 cm³/mol. The number of ether oxygens (including phenoxy) is 3. The maximum absolute atomic E-state index is 11.5. The van der Waals surface area contributed by atoms with Crippen molar-refractivity contribution in [2.24, 2.45) is 5.73 Å². The van der Waals surface area contributed by atoms with Crippen molar-refractivity contribution in [2.75, 3.05) is 53.6 Å². The van der Waals surface area contributed by atoms with E-state index in [4.69, 9.17) is 19.9 Å². The summed E-state index contributed by atoms with van der Waals surface area (Å²) in [7, 11) is 3.22. The van der Waals surface area contributed by atoms with Gasteiger partial charge in [0.1, 0.15) is 0 Å². The number of rotatable bonds is 7. The lowest BCUT2D eigenvalue weighted by Crippen LogP contribution is -2.44. The number of carbonyl (C=O) groups excluding carboxylic acids is 1. The second-order valence-electron chi connectivity index (χ2n) is 5.29. The van der Waals surface area contributed by atoms with Crippen LogP contribution in [-0.2, 0) is 9.53 Å². The van der Waals surface area contributed by atoms with Gasteiger partial charge in [-0.3, -0.25) is 9.69 Å². The van der Waals surface area contributed by atoms with Crippen LogP contribution in [0.1, 0.15) is 11.6 Å². The van der Waals surface area contributed by atoms with Crippen molar-refractivity contribution in [1.29, 1.82) is 0 Å². The van der Waals surface area contributed by atoms with E-state index < -0.39 is 0 Å². The van der Waals surface area contributed by atoms with Crippen LogP contribution in [0.5, 0.6) is 11.5 Å². The zero-order valence-corrected chi connectivity index (χ0v) is 16.2. The summed E-state index contributed by atoms with van der Waals surface area (Å²) in [6.45, 7) is 3.49. The summed E-state index contributed by atoms with van der Waals surface area (Å²) in [6.07, 6.45) is 0. The van der Waals surface area contributed by atoms with Gasteiger partial charge in [0.05, 0.1) is 40.0 Å². The van der Waals surface area contributed by atoms with E-state index in [1.165, 1.54) is 0 Å². The second-order valence-corrected chi connectivity index (χ2v) is 5.29. The molecule has 1 heterocycles. The van der Waals surface area contributed by atoms with Crippen molar-refractivity contribution < 1.29 is 19.0 Å². The summed E-state index contributed by atoms with van der Waals surface area (Å²) in [4.78, 5) is 13.8. The molecule has 1 atom stereocenters. The highest BCUT2D eigenvalue weighted by Crippen LogP contribution is 2.32. The fraction of sp³-hybridized carbons (Fsp3) is 0.562. The largest absolute Gasteiger partial charge is 0.493 e. The molecule has 0 radical (unpaired) electrons. The molecular weight excluding hydrogens is 369 g/mol. The van der Waals surface area contributed by atoms with Crippen LogP contribution in [0.3, 0.4) is 0 Å². The van der Waals surface area contributed by atoms with Crippen molar-refractivity contribution in [3.8, 4) is 11.5 Å². The minimum absolute atomic E-state index is 0. The molecule has 25 heavy (non-hydrogen) atoms. The first-order valence-corrected chi connectivity index (χ1v) is 7.70. The average Bonchev–Trinajstić information content (AvgIpc) is 2.62. The SMILES string of the molecule is COc1ccc(C(CNC(=O)CN)N2CCOCC2)cc1OC.Cl.Cl. The molecule has 0 saturated carbocycles. The van der Waals surface area contributed by atoms with Gasteiger partial charge in [-0.2, -0.15) is 0 Å². The van der Waals surface area contributed by atoms with E-state index in [1.54, 1.807) is 14.2 Å². The molecule has 0 aromatic heterocycles. The Hall–Kier alpha value is -1.25. The number of halogens is 2. The minimum Gasteiger partial charge on any atom is -0.493 e. The normalized spacial score (nSPS) is 15.3. The summed E-state index contributed by atoms with van der Waals surface area (Å²) < 4.78 is 16.1. The molecule has 9 heteroatoms. The topological polar surface area (TPSA) is 86.0 Å². The fourth-order valence-corrected chi connectivity index (χ4v) is 2.69. The molecule has 1 saturated heterocycles. The molecule has 1 aliphatic heterocycles. The predicted octanol–water partition coefficient (Wildman–Crippen LogP) is 0.996. The number of morpholine rings is 1. The highest BCUT2D eigenvalue weighted by Gasteiger charge is 2.24. The Morgan fingerprint density at radius 3 is 2.44 bits per heavy atom. The lowest BCUT2D eigenvalue weighted by Gasteiger charge is -2.35. The number of methoxy groups -OCH3 is 2. The zero-order valence-electron chi connectivity index (χ0n) is 14.5. The molecule has 7 nitrogen and oxygen atoms in total. The molecule has 3 N–H and O–H groups in total. The van der Waals surface area contributed by atoms with Gasteiger partial charge in [-0.1, -0.05) is 6.07 Å². The number of amides is 1. The van der Waals surface area contributed by atoms with Crippen molar-refractivity contribution >= 4 is 30.7 Å². The van der Waals surface area contributed by atoms with Gasteiger partial charge in [-0.15, -0.1) is 24.8 Å². The number of hydrogen-bond acceptors (Lipinski definition) is 6. The number of nitrogens with one attached hydrogen (secondary N) is 1. The molecule has 1 aromatic rings. The molecule has 2 rings (SSSR count). The number of benzene rings is 1. The first-order valence-electron chi connectivity index (χ1n) is 7.70. The first kappa shape index (κ1) is 23.8. The van der Waals surface area contributed by atoms with Gasteiger partial charge in [-0.05, 0) is 17.7 Å². The Labute approximate surface area is 161 Å². The highest BCUT2D eigenvalue weighted by atomic mass is 35.5. The van der Waals surface area contributed by atoms with Crippen LogP contribution in [0, 0.1) is 0 Å². The van der Waals surface area contributed by atoms with E-state index in [0.29, 0.717) is 31.3 Å². The Morgan fingerprint density at radius 2 is 1.88 bits per heavy atom. The monoisotopic (exact) mass is 395 g/mol. The summed E-state index contributed by atoms with van der Waals surface area (Å²) in [5, 5.41) is 2.88. The molecule has 0 spiro atoms. The third-order valence-electron chi connectivity index (χ3n) is 3.96. The summed E-state index contributed by atoms with van der Waals surface area (Å²) in [5.74, 6) is 1.19. The lowest BCUT2D eigenvalue weighted by atomic mass is 10.0. The third kappa shape index (κ3) is 6.52. The summed E-state index contributed by atoms with van der Waals surface area (Å²) in [5.41, 5.74) is 6.43. The number of hydrogen-bond donors (Lipinski definition) is 2. The Morgan fingerprint density at radius 1 is 1.24 bits per heavy atom. The molecule has 1 fully saturated rings. The van der Waals surface area contributed by atoms with Gasteiger partial charge in [0.15, 0.2) is 11.5 Å². The zero-order chi connectivity index (χ0) is 16.7. The van der Waals surface area contributed by atoms with E-state index in [9.17, 15) is 4.79 Å². The van der Waals surface area contributed by atoms with Crippen molar-refractivity contribution in [3.63, 3.8) is 0 Å². The van der Waals surface area contributed by atoms with E-state index in [-0.39, 0.29) is 43.3 Å². The van der Waals surface area contributed by atoms with E-state index in [1.807, 2.05) is 18.2 Å². The maximum atomic E-state index is 11.5. The van der Waals surface area contributed by atoms with Gasteiger partial charge in [0.25, 0.3) is 0 Å². The Bertz CT molecular complexity index is 528. The van der Waals surface area contributed by atoms with Crippen LogP contribution < -0.4 is 20.5 Å². The Balaban J connectivity index is 0.00000288. The van der Waals surface area contributed by atoms with E-state index in [2.05, 4.69) is 10.2 Å². The van der Waals surface area contributed by atoms with Crippen LogP contribution >= 0.6 is 24.8 Å². The Kier molecular flexibility index (Phi) is 11.6. The quantitative estimate of drug-likeness (QED) is 0.715. The van der Waals surface area contributed by atoms with Crippen molar-refractivity contribution in [3.05, 3.63) is 23.8 Å².